The van der Waals surface area contributed by atoms with Crippen molar-refractivity contribution in [3.05, 3.63) is 16.8 Å². The molecular formula is C11H13BrN4O2. The molecule has 0 bridgehead atoms. The molecule has 2 aromatic heterocycles. The van der Waals surface area contributed by atoms with Crippen molar-refractivity contribution in [1.82, 2.24) is 15.0 Å². The summed E-state index contributed by atoms with van der Waals surface area (Å²) in [5, 5.41) is 3.03. The monoisotopic (exact) mass is 312 g/mol. The standard InChI is InChI=1S/C11H13BrN4O2/c1-3-13-10-14-9(8-7(12)5-6-18-8)15-11(16-10)17-4-2/h5-6H,3-4H2,1-2H3,(H,13,14,15,16). The molecular weight excluding hydrogens is 300 g/mol. The van der Waals surface area contributed by atoms with Crippen LogP contribution in [0, 0.1) is 0 Å². The van der Waals surface area contributed by atoms with Gasteiger partial charge in [0, 0.05) is 6.54 Å². The Morgan fingerprint density at radius 2 is 2.17 bits per heavy atom. The quantitative estimate of drug-likeness (QED) is 0.915. The molecule has 0 aliphatic rings. The number of furan rings is 1. The van der Waals surface area contributed by atoms with Crippen molar-refractivity contribution in [2.75, 3.05) is 18.5 Å². The molecule has 0 aliphatic carbocycles. The van der Waals surface area contributed by atoms with Crippen molar-refractivity contribution >= 4 is 21.9 Å². The summed E-state index contributed by atoms with van der Waals surface area (Å²) in [6, 6.07) is 2.06. The van der Waals surface area contributed by atoms with Gasteiger partial charge in [0.15, 0.2) is 5.76 Å². The minimum atomic E-state index is 0.279. The third kappa shape index (κ3) is 2.79. The average molecular weight is 313 g/mol. The molecule has 6 nitrogen and oxygen atoms in total. The molecule has 0 saturated heterocycles. The minimum Gasteiger partial charge on any atom is -0.464 e. The lowest BCUT2D eigenvalue weighted by Gasteiger charge is -2.06. The molecule has 0 atom stereocenters. The zero-order valence-corrected chi connectivity index (χ0v) is 11.7. The van der Waals surface area contributed by atoms with Crippen molar-refractivity contribution < 1.29 is 9.15 Å². The lowest BCUT2D eigenvalue weighted by Crippen LogP contribution is -2.07. The molecule has 0 spiro atoms. The molecule has 7 heteroatoms. The van der Waals surface area contributed by atoms with Gasteiger partial charge in [0.25, 0.3) is 0 Å². The Bertz CT molecular complexity index is 505. The van der Waals surface area contributed by atoms with Gasteiger partial charge in [-0.1, -0.05) is 0 Å². The molecule has 0 radical (unpaired) electrons. The number of nitrogens with one attached hydrogen (secondary N) is 1. The molecule has 2 rings (SSSR count). The van der Waals surface area contributed by atoms with Gasteiger partial charge in [-0.05, 0) is 35.8 Å². The van der Waals surface area contributed by atoms with Crippen molar-refractivity contribution in [1.29, 1.82) is 0 Å². The Morgan fingerprint density at radius 3 is 2.78 bits per heavy atom. The third-order valence-electron chi connectivity index (χ3n) is 2.04. The van der Waals surface area contributed by atoms with Crippen molar-refractivity contribution in [3.63, 3.8) is 0 Å². The molecule has 96 valence electrons. The van der Waals surface area contributed by atoms with Gasteiger partial charge in [-0.2, -0.15) is 15.0 Å². The first-order chi connectivity index (χ1) is 8.74. The largest absolute Gasteiger partial charge is 0.464 e. The van der Waals surface area contributed by atoms with Crippen LogP contribution in [0.1, 0.15) is 13.8 Å². The van der Waals surface area contributed by atoms with Crippen LogP contribution in [0.2, 0.25) is 0 Å². The first-order valence-electron chi connectivity index (χ1n) is 5.60. The van der Waals surface area contributed by atoms with E-state index in [4.69, 9.17) is 9.15 Å². The van der Waals surface area contributed by atoms with E-state index in [1.807, 2.05) is 13.8 Å². The summed E-state index contributed by atoms with van der Waals surface area (Å²) in [5.74, 6) is 1.45. The fourth-order valence-corrected chi connectivity index (χ4v) is 1.72. The SMILES string of the molecule is CCNc1nc(OCC)nc(-c2occc2Br)n1. The molecule has 0 amide bonds. The van der Waals surface area contributed by atoms with E-state index in [0.717, 1.165) is 4.47 Å². The second-order valence-corrected chi connectivity index (χ2v) is 4.18. The van der Waals surface area contributed by atoms with Crippen LogP contribution in [0.25, 0.3) is 11.6 Å². The highest BCUT2D eigenvalue weighted by Crippen LogP contribution is 2.27. The summed E-state index contributed by atoms with van der Waals surface area (Å²) in [5.41, 5.74) is 0. The van der Waals surface area contributed by atoms with Gasteiger partial charge in [0.2, 0.25) is 11.8 Å². The molecule has 1 N–H and O–H groups in total. The summed E-state index contributed by atoms with van der Waals surface area (Å²) in [6.45, 7) is 5.05. The van der Waals surface area contributed by atoms with Crippen molar-refractivity contribution in [2.45, 2.75) is 13.8 Å². The lowest BCUT2D eigenvalue weighted by atomic mass is 10.4. The highest BCUT2D eigenvalue weighted by molar-refractivity contribution is 9.10. The zero-order valence-electron chi connectivity index (χ0n) is 10.1. The van der Waals surface area contributed by atoms with E-state index in [0.29, 0.717) is 30.7 Å². The minimum absolute atomic E-state index is 0.279. The van der Waals surface area contributed by atoms with Gasteiger partial charge in [-0.3, -0.25) is 0 Å². The summed E-state index contributed by atoms with van der Waals surface area (Å²) in [4.78, 5) is 12.6. The maximum absolute atomic E-state index is 5.33. The Morgan fingerprint density at radius 1 is 1.33 bits per heavy atom. The van der Waals surface area contributed by atoms with E-state index < -0.39 is 0 Å². The number of hydrogen-bond acceptors (Lipinski definition) is 6. The molecule has 2 heterocycles. The van der Waals surface area contributed by atoms with E-state index in [1.54, 1.807) is 12.3 Å². The lowest BCUT2D eigenvalue weighted by molar-refractivity contribution is 0.312. The number of anilines is 1. The van der Waals surface area contributed by atoms with Gasteiger partial charge in [-0.25, -0.2) is 0 Å². The van der Waals surface area contributed by atoms with Gasteiger partial charge in [0.05, 0.1) is 17.3 Å². The van der Waals surface area contributed by atoms with Crippen molar-refractivity contribution in [3.8, 4) is 17.6 Å². The van der Waals surface area contributed by atoms with Gasteiger partial charge in [-0.15, -0.1) is 0 Å². The number of ether oxygens (including phenoxy) is 1. The second-order valence-electron chi connectivity index (χ2n) is 3.33. The van der Waals surface area contributed by atoms with Crippen LogP contribution in [0.5, 0.6) is 6.01 Å². The van der Waals surface area contributed by atoms with Gasteiger partial charge >= 0.3 is 6.01 Å². The van der Waals surface area contributed by atoms with Crippen LogP contribution in [0.4, 0.5) is 5.95 Å². The van der Waals surface area contributed by atoms with Crippen LogP contribution in [-0.4, -0.2) is 28.1 Å². The van der Waals surface area contributed by atoms with Gasteiger partial charge in [0.1, 0.15) is 0 Å². The van der Waals surface area contributed by atoms with Crippen LogP contribution in [0.3, 0.4) is 0 Å². The predicted molar refractivity (Wildman–Crippen MR) is 70.6 cm³/mol. The molecule has 0 aromatic carbocycles. The fraction of sp³-hybridized carbons (Fsp3) is 0.364. The Labute approximate surface area is 113 Å². The molecule has 0 saturated carbocycles. The maximum atomic E-state index is 5.33. The highest BCUT2D eigenvalue weighted by Gasteiger charge is 2.14. The normalized spacial score (nSPS) is 10.4. The summed E-state index contributed by atoms with van der Waals surface area (Å²) in [7, 11) is 0. The fourth-order valence-electron chi connectivity index (χ4n) is 1.34. The van der Waals surface area contributed by atoms with Crippen LogP contribution in [-0.2, 0) is 0 Å². The zero-order chi connectivity index (χ0) is 13.0. The van der Waals surface area contributed by atoms with E-state index in [-0.39, 0.29) is 6.01 Å². The molecule has 0 aliphatic heterocycles. The van der Waals surface area contributed by atoms with Crippen LogP contribution in [0.15, 0.2) is 21.2 Å². The topological polar surface area (TPSA) is 73.1 Å². The highest BCUT2D eigenvalue weighted by atomic mass is 79.9. The number of rotatable bonds is 5. The number of nitrogens with zero attached hydrogens (tertiary/aromatic N) is 3. The van der Waals surface area contributed by atoms with E-state index in [2.05, 4.69) is 36.2 Å². The molecule has 2 aromatic rings. The predicted octanol–water partition coefficient (Wildman–Crippen LogP) is 2.72. The Hall–Kier alpha value is -1.63. The van der Waals surface area contributed by atoms with Crippen molar-refractivity contribution in [2.24, 2.45) is 0 Å². The third-order valence-corrected chi connectivity index (χ3v) is 2.67. The first-order valence-corrected chi connectivity index (χ1v) is 6.40. The Balaban J connectivity index is 2.42. The summed E-state index contributed by atoms with van der Waals surface area (Å²) >= 11 is 3.37. The second kappa shape index (κ2) is 5.81. The van der Waals surface area contributed by atoms with E-state index in [9.17, 15) is 0 Å². The Kier molecular flexibility index (Phi) is 4.14. The molecule has 0 fully saturated rings. The van der Waals surface area contributed by atoms with Gasteiger partial charge < -0.3 is 14.5 Å². The smallest absolute Gasteiger partial charge is 0.321 e. The molecule has 18 heavy (non-hydrogen) atoms. The van der Waals surface area contributed by atoms with Crippen LogP contribution >= 0.6 is 15.9 Å². The number of hydrogen-bond donors (Lipinski definition) is 1. The number of aromatic nitrogens is 3. The van der Waals surface area contributed by atoms with Crippen LogP contribution < -0.4 is 10.1 Å². The van der Waals surface area contributed by atoms with E-state index >= 15 is 0 Å². The maximum Gasteiger partial charge on any atom is 0.321 e. The summed E-state index contributed by atoms with van der Waals surface area (Å²) in [6.07, 6.45) is 1.57. The molecule has 0 unspecified atom stereocenters. The summed E-state index contributed by atoms with van der Waals surface area (Å²) < 4.78 is 11.4. The number of halogens is 1. The average Bonchev–Trinajstić information content (AvgIpc) is 2.76. The first kappa shape index (κ1) is 12.8. The van der Waals surface area contributed by atoms with E-state index in [1.165, 1.54) is 0 Å².